The Bertz CT molecular complexity index is 503. The van der Waals surface area contributed by atoms with E-state index in [1.165, 1.54) is 24.8 Å². The van der Waals surface area contributed by atoms with Crippen LogP contribution in [0, 0.1) is 22.7 Å². The molecule has 4 aliphatic rings. The number of allylic oxidation sites excluding steroid dienone is 1. The maximum atomic E-state index is 11.8. The van der Waals surface area contributed by atoms with Gasteiger partial charge in [-0.05, 0) is 43.4 Å². The van der Waals surface area contributed by atoms with Crippen molar-refractivity contribution in [2.45, 2.75) is 45.6 Å². The van der Waals surface area contributed by atoms with E-state index in [0.717, 1.165) is 12.0 Å². The van der Waals surface area contributed by atoms with Crippen LogP contribution >= 0.6 is 0 Å². The zero-order valence-corrected chi connectivity index (χ0v) is 11.2. The van der Waals surface area contributed by atoms with Crippen molar-refractivity contribution < 1.29 is 9.53 Å². The molecule has 1 heterocycles. The molecule has 96 valence electrons. The van der Waals surface area contributed by atoms with Gasteiger partial charge < -0.3 is 4.74 Å². The van der Waals surface area contributed by atoms with Crippen LogP contribution in [0.25, 0.3) is 0 Å². The summed E-state index contributed by atoms with van der Waals surface area (Å²) in [5, 5.41) is 0. The van der Waals surface area contributed by atoms with Gasteiger partial charge in [0.05, 0.1) is 0 Å². The van der Waals surface area contributed by atoms with Crippen molar-refractivity contribution in [3.8, 4) is 0 Å². The second-order valence-corrected chi connectivity index (χ2v) is 7.06. The molecule has 0 aromatic carbocycles. The molecule has 0 bridgehead atoms. The average Bonchev–Trinajstić information content (AvgIpc) is 2.65. The van der Waals surface area contributed by atoms with E-state index in [2.05, 4.69) is 26.5 Å². The molecule has 1 aliphatic heterocycles. The predicted molar refractivity (Wildman–Crippen MR) is 68.8 cm³/mol. The summed E-state index contributed by atoms with van der Waals surface area (Å²) in [6, 6.07) is 0. The Morgan fingerprint density at radius 2 is 2.28 bits per heavy atom. The number of hydrogen-bond donors (Lipinski definition) is 0. The van der Waals surface area contributed by atoms with E-state index in [9.17, 15) is 4.79 Å². The van der Waals surface area contributed by atoms with Crippen LogP contribution in [0.4, 0.5) is 0 Å². The van der Waals surface area contributed by atoms with Gasteiger partial charge >= 0.3 is 5.97 Å². The minimum atomic E-state index is -0.149. The van der Waals surface area contributed by atoms with Crippen molar-refractivity contribution in [1.29, 1.82) is 0 Å². The fourth-order valence-electron chi connectivity index (χ4n) is 5.14. The molecular weight excluding hydrogens is 224 g/mol. The molecule has 3 aliphatic carbocycles. The Balaban J connectivity index is 1.81. The van der Waals surface area contributed by atoms with Gasteiger partial charge in [0, 0.05) is 17.4 Å². The summed E-state index contributed by atoms with van der Waals surface area (Å²) >= 11 is 0. The zero-order chi connectivity index (χ0) is 12.7. The lowest BCUT2D eigenvalue weighted by Crippen LogP contribution is -2.32. The average molecular weight is 244 g/mol. The third-order valence-electron chi connectivity index (χ3n) is 6.34. The van der Waals surface area contributed by atoms with E-state index in [4.69, 9.17) is 4.74 Å². The predicted octanol–water partition coefficient (Wildman–Crippen LogP) is 3.24. The SMILES string of the molecule is C=C1C(=O)O[C@@H]2C3C(C)=CC[C@]34C[C@]4(C)CC[C@@H]12. The summed E-state index contributed by atoms with van der Waals surface area (Å²) < 4.78 is 5.70. The maximum absolute atomic E-state index is 11.8. The first kappa shape index (κ1) is 10.8. The number of fused-ring (bicyclic) bond motifs is 2. The standard InChI is InChI=1S/C16H20O2/c1-9-4-7-16-8-15(16,3)6-5-11-10(2)14(17)18-13(11)12(9)16/h4,11-13H,2,5-8H2,1,3H3/t11-,12?,13-,15-,16-/m0/s1. The van der Waals surface area contributed by atoms with E-state index in [1.54, 1.807) is 0 Å². The van der Waals surface area contributed by atoms with Gasteiger partial charge in [-0.15, -0.1) is 0 Å². The van der Waals surface area contributed by atoms with Crippen LogP contribution in [-0.4, -0.2) is 12.1 Å². The molecular formula is C16H20O2. The molecule has 0 aromatic heterocycles. The molecule has 0 amide bonds. The second kappa shape index (κ2) is 2.92. The van der Waals surface area contributed by atoms with Crippen molar-refractivity contribution in [2.24, 2.45) is 22.7 Å². The molecule has 0 N–H and O–H groups in total. The highest BCUT2D eigenvalue weighted by atomic mass is 16.6. The number of hydrogen-bond acceptors (Lipinski definition) is 2. The summed E-state index contributed by atoms with van der Waals surface area (Å²) in [5.74, 6) is 0.577. The summed E-state index contributed by atoms with van der Waals surface area (Å²) in [6.07, 6.45) is 7.26. The third kappa shape index (κ3) is 1.000. The quantitative estimate of drug-likeness (QED) is 0.371. The Hall–Kier alpha value is -1.05. The Labute approximate surface area is 108 Å². The molecule has 2 nitrogen and oxygen atoms in total. The highest BCUT2D eigenvalue weighted by molar-refractivity contribution is 5.91. The van der Waals surface area contributed by atoms with Gasteiger partial charge in [-0.1, -0.05) is 25.2 Å². The molecule has 0 radical (unpaired) electrons. The van der Waals surface area contributed by atoms with Crippen molar-refractivity contribution in [2.75, 3.05) is 0 Å². The van der Waals surface area contributed by atoms with Crippen LogP contribution in [0.3, 0.4) is 0 Å². The van der Waals surface area contributed by atoms with Crippen molar-refractivity contribution in [3.63, 3.8) is 0 Å². The van der Waals surface area contributed by atoms with Gasteiger partial charge in [0.25, 0.3) is 0 Å². The summed E-state index contributed by atoms with van der Waals surface area (Å²) in [4.78, 5) is 11.8. The summed E-state index contributed by atoms with van der Waals surface area (Å²) in [6.45, 7) is 8.61. The van der Waals surface area contributed by atoms with Gasteiger partial charge in [0.1, 0.15) is 6.10 Å². The summed E-state index contributed by atoms with van der Waals surface area (Å²) in [7, 11) is 0. The van der Waals surface area contributed by atoms with Crippen LogP contribution in [0.2, 0.25) is 0 Å². The molecule has 1 saturated heterocycles. The van der Waals surface area contributed by atoms with E-state index in [1.807, 2.05) is 0 Å². The zero-order valence-electron chi connectivity index (χ0n) is 11.2. The lowest BCUT2D eigenvalue weighted by molar-refractivity contribution is -0.141. The normalized spacial score (nSPS) is 53.0. The number of ether oxygens (including phenoxy) is 1. The van der Waals surface area contributed by atoms with Crippen LogP contribution in [0.15, 0.2) is 23.8 Å². The first-order chi connectivity index (χ1) is 8.48. The maximum Gasteiger partial charge on any atom is 0.334 e. The van der Waals surface area contributed by atoms with E-state index < -0.39 is 0 Å². The third-order valence-corrected chi connectivity index (χ3v) is 6.34. The van der Waals surface area contributed by atoms with E-state index in [-0.39, 0.29) is 18.0 Å². The smallest absolute Gasteiger partial charge is 0.334 e. The monoisotopic (exact) mass is 244 g/mol. The largest absolute Gasteiger partial charge is 0.458 e. The van der Waals surface area contributed by atoms with Crippen LogP contribution in [0.5, 0.6) is 0 Å². The molecule has 2 heteroatoms. The molecule has 3 fully saturated rings. The number of carbonyl (C=O) groups is 1. The van der Waals surface area contributed by atoms with Crippen LogP contribution < -0.4 is 0 Å². The Morgan fingerprint density at radius 1 is 1.50 bits per heavy atom. The van der Waals surface area contributed by atoms with E-state index >= 15 is 0 Å². The highest BCUT2D eigenvalue weighted by Gasteiger charge is 2.72. The molecule has 18 heavy (non-hydrogen) atoms. The first-order valence-corrected chi connectivity index (χ1v) is 7.05. The number of rotatable bonds is 0. The fraction of sp³-hybridized carbons (Fsp3) is 0.688. The molecule has 0 aromatic rings. The van der Waals surface area contributed by atoms with Gasteiger partial charge in [-0.2, -0.15) is 0 Å². The number of carbonyl (C=O) groups excluding carboxylic acids is 1. The highest BCUT2D eigenvalue weighted by Crippen LogP contribution is 2.78. The second-order valence-electron chi connectivity index (χ2n) is 7.06. The van der Waals surface area contributed by atoms with Gasteiger partial charge in [-0.3, -0.25) is 0 Å². The molecule has 5 atom stereocenters. The van der Waals surface area contributed by atoms with Crippen molar-refractivity contribution in [3.05, 3.63) is 23.8 Å². The lowest BCUT2D eigenvalue weighted by Gasteiger charge is -2.29. The molecule has 1 spiro atoms. The van der Waals surface area contributed by atoms with E-state index in [0.29, 0.717) is 16.7 Å². The van der Waals surface area contributed by atoms with Crippen LogP contribution in [-0.2, 0) is 9.53 Å². The minimum Gasteiger partial charge on any atom is -0.458 e. The van der Waals surface area contributed by atoms with Gasteiger partial charge in [0.15, 0.2) is 0 Å². The van der Waals surface area contributed by atoms with Crippen molar-refractivity contribution >= 4 is 5.97 Å². The number of esters is 1. The fourth-order valence-corrected chi connectivity index (χ4v) is 5.14. The van der Waals surface area contributed by atoms with Gasteiger partial charge in [0.2, 0.25) is 0 Å². The topological polar surface area (TPSA) is 26.3 Å². The molecule has 4 rings (SSSR count). The Kier molecular flexibility index (Phi) is 1.76. The molecule has 2 saturated carbocycles. The molecule has 1 unspecified atom stereocenters. The van der Waals surface area contributed by atoms with Crippen LogP contribution in [0.1, 0.15) is 39.5 Å². The first-order valence-electron chi connectivity index (χ1n) is 7.05. The minimum absolute atomic E-state index is 0.0769. The summed E-state index contributed by atoms with van der Waals surface area (Å²) in [5.41, 5.74) is 3.04. The van der Waals surface area contributed by atoms with Crippen molar-refractivity contribution in [1.82, 2.24) is 0 Å². The lowest BCUT2D eigenvalue weighted by atomic mass is 9.77. The Morgan fingerprint density at radius 3 is 3.06 bits per heavy atom. The van der Waals surface area contributed by atoms with Gasteiger partial charge in [-0.25, -0.2) is 4.79 Å².